The van der Waals surface area contributed by atoms with Crippen LogP contribution in [0.2, 0.25) is 0 Å². The molecule has 0 spiro atoms. The molecule has 0 saturated carbocycles. The smallest absolute Gasteiger partial charge is 0.168 e. The topological polar surface area (TPSA) is 38.7 Å². The van der Waals surface area contributed by atoms with Crippen molar-refractivity contribution in [3.63, 3.8) is 0 Å². The van der Waals surface area contributed by atoms with Gasteiger partial charge in [0.1, 0.15) is 0 Å². The molecule has 0 unspecified atom stereocenters. The molecule has 1 fully saturated rings. The van der Waals surface area contributed by atoms with Gasteiger partial charge in [-0.1, -0.05) is 101 Å². The molecule has 3 nitrogen and oxygen atoms in total. The Morgan fingerprint density at radius 1 is 0.511 bits per heavy atom. The number of aliphatic hydroxyl groups excluding tert-OH is 1. The highest BCUT2D eigenvalue weighted by atomic mass is 32.1. The molecule has 1 heterocycles. The van der Waals surface area contributed by atoms with Crippen LogP contribution in [-0.4, -0.2) is 30.2 Å². The molecule has 1 rings (SSSR count). The second-order valence-corrected chi connectivity index (χ2v) is 13.1. The zero-order valence-corrected chi connectivity index (χ0v) is 31.0. The molecular weight excluding hydrogens is 573 g/mol. The van der Waals surface area contributed by atoms with Gasteiger partial charge in [0, 0.05) is 19.4 Å². The van der Waals surface area contributed by atoms with Crippen LogP contribution in [0, 0.1) is 0 Å². The normalized spacial score (nSPS) is 16.6. The molecule has 0 radical (unpaired) electrons. The number of allylic oxidation sites excluding steroid dienone is 8. The summed E-state index contributed by atoms with van der Waals surface area (Å²) in [5.74, 6) is -0.416. The lowest BCUT2D eigenvalue weighted by Gasteiger charge is -2.28. The molecule has 0 amide bonds. The lowest BCUT2D eigenvalue weighted by atomic mass is 9.99. The van der Waals surface area contributed by atoms with Gasteiger partial charge in [-0.3, -0.25) is 0 Å². The van der Waals surface area contributed by atoms with Gasteiger partial charge in [0.15, 0.2) is 5.79 Å². The predicted molar refractivity (Wildman–Crippen MR) is 204 cm³/mol. The quantitative estimate of drug-likeness (QED) is 0.0583. The maximum atomic E-state index is 9.39. The van der Waals surface area contributed by atoms with E-state index in [4.69, 9.17) is 9.47 Å². The van der Waals surface area contributed by atoms with Crippen molar-refractivity contribution < 1.29 is 14.6 Å². The summed E-state index contributed by atoms with van der Waals surface area (Å²) >= 11 is 0. The highest BCUT2D eigenvalue weighted by Crippen LogP contribution is 2.35. The van der Waals surface area contributed by atoms with Gasteiger partial charge in [-0.15, -0.1) is 0 Å². The zero-order valence-electron chi connectivity index (χ0n) is 30.0. The Hall–Kier alpha value is -0.810. The largest absolute Gasteiger partial charge is 0.396 e. The summed E-state index contributed by atoms with van der Waals surface area (Å²) in [6.07, 6.45) is 52.1. The average molecular weight is 649 g/mol. The van der Waals surface area contributed by atoms with E-state index in [0.717, 1.165) is 25.7 Å². The highest BCUT2D eigenvalue weighted by molar-refractivity contribution is 7.59. The maximum Gasteiger partial charge on any atom is 0.168 e. The number of hydrogen-bond donors (Lipinski definition) is 1. The minimum atomic E-state index is -0.416. The number of hydrogen-bond acceptors (Lipinski definition) is 3. The van der Waals surface area contributed by atoms with E-state index in [9.17, 15) is 5.11 Å². The molecule has 0 aromatic rings. The van der Waals surface area contributed by atoms with Gasteiger partial charge < -0.3 is 14.6 Å². The monoisotopic (exact) mass is 649 g/mol. The molecule has 1 aliphatic heterocycles. The van der Waals surface area contributed by atoms with E-state index in [1.54, 1.807) is 0 Å². The molecule has 1 N–H and O–H groups in total. The van der Waals surface area contributed by atoms with Crippen molar-refractivity contribution in [2.75, 3.05) is 13.2 Å². The number of ether oxygens (including phenoxy) is 2. The number of unbranched alkanes of at least 4 members (excludes halogenated alkanes) is 18. The van der Waals surface area contributed by atoms with Crippen LogP contribution in [0.25, 0.3) is 0 Å². The minimum absolute atomic E-state index is 0. The van der Waals surface area contributed by atoms with Crippen LogP contribution in [0.1, 0.15) is 187 Å². The Morgan fingerprint density at radius 2 is 0.844 bits per heavy atom. The first kappa shape index (κ1) is 44.2. The molecule has 0 aromatic carbocycles. The van der Waals surface area contributed by atoms with Crippen molar-refractivity contribution in [3.05, 3.63) is 48.6 Å². The summed E-state index contributed by atoms with van der Waals surface area (Å²) in [6.45, 7) is 5.34. The Morgan fingerprint density at radius 3 is 1.18 bits per heavy atom. The van der Waals surface area contributed by atoms with Crippen molar-refractivity contribution >= 4 is 13.5 Å². The fourth-order valence-corrected chi connectivity index (χ4v) is 5.97. The fourth-order valence-electron chi connectivity index (χ4n) is 5.97. The molecule has 264 valence electrons. The highest BCUT2D eigenvalue weighted by Gasteiger charge is 2.40. The molecule has 0 aliphatic carbocycles. The van der Waals surface area contributed by atoms with Gasteiger partial charge in [0.25, 0.3) is 0 Å². The van der Waals surface area contributed by atoms with E-state index < -0.39 is 5.79 Å². The molecule has 1 saturated heterocycles. The Balaban J connectivity index is 0.0000194. The summed E-state index contributed by atoms with van der Waals surface area (Å²) in [6, 6.07) is 0. The lowest BCUT2D eigenvalue weighted by molar-refractivity contribution is -0.180. The van der Waals surface area contributed by atoms with Crippen LogP contribution in [0.4, 0.5) is 0 Å². The van der Waals surface area contributed by atoms with Crippen LogP contribution < -0.4 is 0 Å². The predicted octanol–water partition coefficient (Wildman–Crippen LogP) is 13.0. The minimum Gasteiger partial charge on any atom is -0.396 e. The van der Waals surface area contributed by atoms with Gasteiger partial charge in [-0.25, -0.2) is 0 Å². The third kappa shape index (κ3) is 28.0. The molecular formula is C41H76O3S. The zero-order chi connectivity index (χ0) is 31.7. The van der Waals surface area contributed by atoms with Crippen LogP contribution in [-0.2, 0) is 9.47 Å². The van der Waals surface area contributed by atoms with E-state index >= 15 is 0 Å². The first-order chi connectivity index (χ1) is 21.8. The molecule has 0 bridgehead atoms. The second kappa shape index (κ2) is 34.5. The van der Waals surface area contributed by atoms with Crippen molar-refractivity contribution in [2.45, 2.75) is 199 Å². The molecule has 0 aromatic heterocycles. The van der Waals surface area contributed by atoms with Crippen molar-refractivity contribution in [2.24, 2.45) is 0 Å². The van der Waals surface area contributed by atoms with Gasteiger partial charge in [0.05, 0.1) is 12.7 Å². The number of rotatable bonds is 32. The summed E-state index contributed by atoms with van der Waals surface area (Å²) in [4.78, 5) is 0. The van der Waals surface area contributed by atoms with Crippen molar-refractivity contribution in [3.8, 4) is 0 Å². The van der Waals surface area contributed by atoms with Gasteiger partial charge in [-0.05, 0) is 122 Å². The van der Waals surface area contributed by atoms with Crippen molar-refractivity contribution in [1.82, 2.24) is 0 Å². The van der Waals surface area contributed by atoms with E-state index in [1.807, 2.05) is 0 Å². The van der Waals surface area contributed by atoms with E-state index in [0.29, 0.717) is 13.0 Å². The SMILES string of the molecule is CCCCC/C=C\CCCC/C=C\CCCCCC1(CCCCC/C=C\CCCC/C=C\CCCCC)OC[C@H](CCO)O1.S. The summed E-state index contributed by atoms with van der Waals surface area (Å²) in [5, 5.41) is 9.39. The van der Waals surface area contributed by atoms with E-state index in [2.05, 4.69) is 62.5 Å². The molecule has 1 atom stereocenters. The molecule has 4 heteroatoms. The van der Waals surface area contributed by atoms with Crippen LogP contribution in [0.15, 0.2) is 48.6 Å². The Kier molecular flexibility index (Phi) is 33.9. The molecule has 1 aliphatic rings. The molecule has 45 heavy (non-hydrogen) atoms. The fraction of sp³-hybridized carbons (Fsp3) is 0.805. The summed E-state index contributed by atoms with van der Waals surface area (Å²) in [5.41, 5.74) is 0. The van der Waals surface area contributed by atoms with Crippen LogP contribution in [0.3, 0.4) is 0 Å². The maximum absolute atomic E-state index is 9.39. The first-order valence-electron chi connectivity index (χ1n) is 19.3. The Labute approximate surface area is 288 Å². The van der Waals surface area contributed by atoms with Crippen molar-refractivity contribution in [1.29, 1.82) is 0 Å². The second-order valence-electron chi connectivity index (χ2n) is 13.1. The van der Waals surface area contributed by atoms with E-state index in [-0.39, 0.29) is 26.2 Å². The third-order valence-electron chi connectivity index (χ3n) is 8.82. The summed E-state index contributed by atoms with van der Waals surface area (Å²) < 4.78 is 12.7. The Bertz CT molecular complexity index is 666. The van der Waals surface area contributed by atoms with Gasteiger partial charge in [-0.2, -0.15) is 13.5 Å². The summed E-state index contributed by atoms with van der Waals surface area (Å²) in [7, 11) is 0. The van der Waals surface area contributed by atoms with Gasteiger partial charge in [0.2, 0.25) is 0 Å². The lowest BCUT2D eigenvalue weighted by Crippen LogP contribution is -2.31. The van der Waals surface area contributed by atoms with E-state index in [1.165, 1.54) is 141 Å². The first-order valence-corrected chi connectivity index (χ1v) is 19.3. The van der Waals surface area contributed by atoms with Crippen LogP contribution in [0.5, 0.6) is 0 Å². The standard InChI is InChI=1S/C41H74O3.H2S/c1-3-5-7-9-11-13-15-17-19-21-23-25-27-29-31-33-36-41(43-39-40(44-41)35-38-42)37-34-32-30-28-26-24-22-20-18-16-14-12-10-8-6-4-2;/h11-14,23-26,40,42H,3-10,15-22,27-39H2,1-2H3;1H2/b13-11-,14-12-,25-23-,26-24-;/t40-;/m0./s1. The average Bonchev–Trinajstić information content (AvgIpc) is 3.43. The van der Waals surface area contributed by atoms with Gasteiger partial charge >= 0.3 is 0 Å². The van der Waals surface area contributed by atoms with Crippen LogP contribution >= 0.6 is 13.5 Å². The number of aliphatic hydroxyl groups is 1. The third-order valence-corrected chi connectivity index (χ3v) is 8.82.